The lowest BCUT2D eigenvalue weighted by atomic mass is 9.85. The Balaban J connectivity index is 0.927. The van der Waals surface area contributed by atoms with Gasteiger partial charge in [-0.15, -0.1) is 23.1 Å². The monoisotopic (exact) mass is 852 g/mol. The smallest absolute Gasteiger partial charge is 0.246 e. The van der Waals surface area contributed by atoms with Gasteiger partial charge < -0.3 is 45.5 Å². The third kappa shape index (κ3) is 13.8. The van der Waals surface area contributed by atoms with E-state index in [1.165, 1.54) is 4.90 Å². The molecule has 0 bridgehead atoms. The largest absolute Gasteiger partial charge is 0.391 e. The van der Waals surface area contributed by atoms with Crippen molar-refractivity contribution >= 4 is 58.3 Å². The predicted octanol–water partition coefficient (Wildman–Crippen LogP) is 3.53. The number of anilines is 1. The van der Waals surface area contributed by atoms with Crippen LogP contribution in [0.15, 0.2) is 58.9 Å². The van der Waals surface area contributed by atoms with Crippen LogP contribution in [0, 0.1) is 18.3 Å². The Morgan fingerprint density at radius 2 is 1.64 bits per heavy atom. The average molecular weight is 853 g/mol. The number of carbonyl (C=O) groups is 5. The summed E-state index contributed by atoms with van der Waals surface area (Å²) in [5, 5.41) is 22.0. The number of β-amino-alcohol motifs (C(OH)–C–C–N with tert-alkyl or cyclic N) is 1. The molecule has 1 aromatic heterocycles. The highest BCUT2D eigenvalue weighted by Gasteiger charge is 2.44. The van der Waals surface area contributed by atoms with Gasteiger partial charge in [0.1, 0.15) is 12.1 Å². The number of aromatic nitrogens is 1. The number of likely N-dealkylation sites (tertiary alicyclic amines) is 1. The van der Waals surface area contributed by atoms with Gasteiger partial charge in [-0.25, -0.2) is 4.98 Å². The van der Waals surface area contributed by atoms with Crippen molar-refractivity contribution in [2.75, 3.05) is 63.8 Å². The molecule has 0 saturated carbocycles. The highest BCUT2D eigenvalue weighted by molar-refractivity contribution is 7.99. The second kappa shape index (κ2) is 22.3. The summed E-state index contributed by atoms with van der Waals surface area (Å²) in [6.07, 6.45) is -0.648. The van der Waals surface area contributed by atoms with E-state index in [-0.39, 0.29) is 75.8 Å². The van der Waals surface area contributed by atoms with Crippen LogP contribution in [0.2, 0.25) is 0 Å². The number of nitrogens with zero attached hydrogens (tertiary/aromatic N) is 2. The zero-order valence-corrected chi connectivity index (χ0v) is 35.8. The molecule has 1 saturated heterocycles. The fourth-order valence-electron chi connectivity index (χ4n) is 6.63. The van der Waals surface area contributed by atoms with Crippen LogP contribution >= 0.6 is 23.1 Å². The van der Waals surface area contributed by atoms with Crippen molar-refractivity contribution in [2.24, 2.45) is 11.3 Å². The lowest BCUT2D eigenvalue weighted by Crippen LogP contribution is -2.57. The van der Waals surface area contributed by atoms with E-state index >= 15 is 0 Å². The molecule has 59 heavy (non-hydrogen) atoms. The minimum atomic E-state index is -0.935. The van der Waals surface area contributed by atoms with E-state index in [1.54, 1.807) is 23.1 Å². The van der Waals surface area contributed by atoms with Crippen molar-refractivity contribution in [2.45, 2.75) is 76.6 Å². The van der Waals surface area contributed by atoms with E-state index in [9.17, 15) is 29.1 Å². The van der Waals surface area contributed by atoms with Crippen molar-refractivity contribution in [1.82, 2.24) is 25.8 Å². The molecule has 5 amide bonds. The van der Waals surface area contributed by atoms with Gasteiger partial charge in [-0.3, -0.25) is 24.0 Å². The zero-order valence-electron chi connectivity index (χ0n) is 34.1. The summed E-state index contributed by atoms with van der Waals surface area (Å²) in [4.78, 5) is 72.9. The number of rotatable bonds is 20. The van der Waals surface area contributed by atoms with Crippen LogP contribution in [0.25, 0.3) is 10.4 Å². The summed E-state index contributed by atoms with van der Waals surface area (Å²) in [7, 11) is 0. The maximum Gasteiger partial charge on any atom is 0.246 e. The highest BCUT2D eigenvalue weighted by atomic mass is 32.2. The number of aliphatic hydroxyl groups is 1. The van der Waals surface area contributed by atoms with Gasteiger partial charge in [0.25, 0.3) is 0 Å². The normalized spacial score (nSPS) is 18.4. The first-order chi connectivity index (χ1) is 28.3. The molecule has 3 aromatic rings. The summed E-state index contributed by atoms with van der Waals surface area (Å²) >= 11 is 3.13. The molecular weight excluding hydrogens is 797 g/mol. The summed E-state index contributed by atoms with van der Waals surface area (Å²) in [6, 6.07) is 13.6. The SMILES string of the molecule is Cc1ncsc1-c1ccc(CNC(=O)[C@@H]2C[C@@H](O)CN2C(=O)[C@@H](NC(=O)CCOCCOCCOCCNC(=O)CC2CSc3ccccc3NC2=O)C(C)(C)C)cc1. The Bertz CT molecular complexity index is 1890. The molecule has 320 valence electrons. The average Bonchev–Trinajstić information content (AvgIpc) is 3.78. The van der Waals surface area contributed by atoms with Crippen LogP contribution in [-0.4, -0.2) is 121 Å². The van der Waals surface area contributed by atoms with E-state index in [0.29, 0.717) is 32.1 Å². The zero-order chi connectivity index (χ0) is 42.4. The van der Waals surface area contributed by atoms with Crippen molar-refractivity contribution < 1.29 is 43.3 Å². The fraction of sp³-hybridized carbons (Fsp3) is 0.524. The Hall–Kier alpha value is -4.39. The third-order valence-electron chi connectivity index (χ3n) is 9.89. The van der Waals surface area contributed by atoms with E-state index < -0.39 is 35.4 Å². The van der Waals surface area contributed by atoms with Crippen molar-refractivity contribution in [3.8, 4) is 10.4 Å². The van der Waals surface area contributed by atoms with Gasteiger partial charge in [0, 0.05) is 49.5 Å². The number of benzene rings is 2. The summed E-state index contributed by atoms with van der Waals surface area (Å²) in [5.74, 6) is -1.43. The molecule has 2 aliphatic heterocycles. The lowest BCUT2D eigenvalue weighted by molar-refractivity contribution is -0.144. The van der Waals surface area contributed by atoms with Gasteiger partial charge in [0.2, 0.25) is 29.5 Å². The molecule has 5 rings (SSSR count). The predicted molar refractivity (Wildman–Crippen MR) is 226 cm³/mol. The quantitative estimate of drug-likeness (QED) is 0.104. The Kier molecular flexibility index (Phi) is 17.3. The van der Waals surface area contributed by atoms with Gasteiger partial charge >= 0.3 is 0 Å². The Labute approximate surface area is 353 Å². The number of aliphatic hydroxyl groups excluding tert-OH is 1. The Morgan fingerprint density at radius 3 is 2.34 bits per heavy atom. The minimum Gasteiger partial charge on any atom is -0.391 e. The molecule has 1 unspecified atom stereocenters. The summed E-state index contributed by atoms with van der Waals surface area (Å²) < 4.78 is 16.6. The molecule has 0 spiro atoms. The maximum absolute atomic E-state index is 13.9. The number of aryl methyl sites for hydroxylation is 1. The van der Waals surface area contributed by atoms with E-state index in [2.05, 4.69) is 26.3 Å². The molecule has 0 aliphatic carbocycles. The van der Waals surface area contributed by atoms with Crippen LogP contribution in [-0.2, 0) is 44.7 Å². The molecule has 15 nitrogen and oxygen atoms in total. The molecule has 4 atom stereocenters. The van der Waals surface area contributed by atoms with Crippen LogP contribution < -0.4 is 21.3 Å². The number of carbonyl (C=O) groups excluding carboxylic acids is 5. The molecule has 2 aliphatic rings. The number of ether oxygens (including phenoxy) is 3. The second-order valence-electron chi connectivity index (χ2n) is 15.6. The summed E-state index contributed by atoms with van der Waals surface area (Å²) in [6.45, 7) is 9.62. The molecule has 1 fully saturated rings. The standard InChI is InChI=1S/C42H56N6O9S2/c1-27-37(59-26-45-27)29-11-9-28(10-12-29)23-44-40(53)33-22-31(49)24-48(33)41(54)38(42(2,3)4)47-35(50)13-15-55-17-19-57-20-18-56-16-14-43-36(51)21-30-25-58-34-8-6-5-7-32(34)46-39(30)52/h5-12,26,30-31,33,38,49H,13-25H2,1-4H3,(H,43,51)(H,44,53)(H,46,52)(H,47,50)/t30?,31-,33+,38-/m1/s1. The number of fused-ring (bicyclic) bond motifs is 1. The molecule has 2 aromatic carbocycles. The first-order valence-electron chi connectivity index (χ1n) is 19.9. The maximum atomic E-state index is 13.9. The summed E-state index contributed by atoms with van der Waals surface area (Å²) in [5.41, 5.74) is 4.80. The fourth-order valence-corrected chi connectivity index (χ4v) is 8.54. The van der Waals surface area contributed by atoms with Gasteiger partial charge in [-0.1, -0.05) is 57.2 Å². The van der Waals surface area contributed by atoms with E-state index in [0.717, 1.165) is 32.3 Å². The van der Waals surface area contributed by atoms with Crippen molar-refractivity contribution in [3.05, 3.63) is 65.3 Å². The Morgan fingerprint density at radius 1 is 0.949 bits per heavy atom. The number of hydrogen-bond acceptors (Lipinski definition) is 12. The first-order valence-corrected chi connectivity index (χ1v) is 21.7. The lowest BCUT2D eigenvalue weighted by Gasteiger charge is -2.35. The van der Waals surface area contributed by atoms with Crippen LogP contribution in [0.4, 0.5) is 5.69 Å². The number of amides is 5. The molecule has 17 heteroatoms. The molecule has 5 N–H and O–H groups in total. The van der Waals surface area contributed by atoms with E-state index in [1.807, 2.05) is 81.7 Å². The highest BCUT2D eigenvalue weighted by Crippen LogP contribution is 2.33. The number of thiazole rings is 1. The minimum absolute atomic E-state index is 0.00961. The topological polar surface area (TPSA) is 198 Å². The van der Waals surface area contributed by atoms with Gasteiger partial charge in [0.05, 0.1) is 73.4 Å². The van der Waals surface area contributed by atoms with Crippen LogP contribution in [0.5, 0.6) is 0 Å². The van der Waals surface area contributed by atoms with Gasteiger partial charge in [0.15, 0.2) is 0 Å². The number of hydrogen-bond donors (Lipinski definition) is 5. The van der Waals surface area contributed by atoms with Crippen LogP contribution in [0.1, 0.15) is 51.3 Å². The third-order valence-corrected chi connectivity index (χ3v) is 12.1. The number of para-hydroxylation sites is 1. The number of nitrogens with one attached hydrogen (secondary N) is 4. The van der Waals surface area contributed by atoms with Crippen molar-refractivity contribution in [1.29, 1.82) is 0 Å². The van der Waals surface area contributed by atoms with Crippen LogP contribution in [0.3, 0.4) is 0 Å². The molecular formula is C42H56N6O9S2. The van der Waals surface area contributed by atoms with E-state index in [4.69, 9.17) is 14.2 Å². The second-order valence-corrected chi connectivity index (χ2v) is 17.5. The van der Waals surface area contributed by atoms with Crippen molar-refractivity contribution in [3.63, 3.8) is 0 Å². The van der Waals surface area contributed by atoms with Gasteiger partial charge in [-0.05, 0) is 35.6 Å². The first kappa shape index (κ1) is 45.7. The number of thioether (sulfide) groups is 1. The molecule has 3 heterocycles. The molecule has 0 radical (unpaired) electrons. The van der Waals surface area contributed by atoms with Gasteiger partial charge in [-0.2, -0.15) is 0 Å².